The van der Waals surface area contributed by atoms with Crippen molar-refractivity contribution in [1.29, 1.82) is 0 Å². The number of benzene rings is 1. The minimum atomic E-state index is -0.401. The van der Waals surface area contributed by atoms with Crippen LogP contribution in [0.15, 0.2) is 24.3 Å². The molecule has 100 valence electrons. The minimum absolute atomic E-state index is 0.0172. The van der Waals surface area contributed by atoms with Crippen LogP contribution in [0.1, 0.15) is 38.3 Å². The number of nitro benzene ring substituents is 1. The first-order valence-electron chi connectivity index (χ1n) is 6.20. The van der Waals surface area contributed by atoms with E-state index in [1.54, 1.807) is 12.1 Å². The number of aliphatic hydroxyl groups excluding tert-OH is 1. The number of non-ortho nitro benzene ring substituents is 1. The summed E-state index contributed by atoms with van der Waals surface area (Å²) in [6.07, 6.45) is 1.33. The number of aliphatic hydroxyl groups is 1. The number of hydrogen-bond donors (Lipinski definition) is 2. The van der Waals surface area contributed by atoms with Crippen molar-refractivity contribution in [2.24, 2.45) is 0 Å². The predicted molar refractivity (Wildman–Crippen MR) is 70.4 cm³/mol. The van der Waals surface area contributed by atoms with Crippen LogP contribution in [0.25, 0.3) is 0 Å². The molecule has 0 saturated carbocycles. The van der Waals surface area contributed by atoms with E-state index in [0.29, 0.717) is 6.54 Å². The molecule has 0 fully saturated rings. The van der Waals surface area contributed by atoms with Crippen LogP contribution >= 0.6 is 0 Å². The van der Waals surface area contributed by atoms with Gasteiger partial charge in [-0.1, -0.05) is 25.5 Å². The number of nitrogens with zero attached hydrogens (tertiary/aromatic N) is 1. The Kier molecular flexibility index (Phi) is 5.74. The molecule has 2 atom stereocenters. The molecule has 5 nitrogen and oxygen atoms in total. The van der Waals surface area contributed by atoms with Gasteiger partial charge in [0.1, 0.15) is 0 Å². The van der Waals surface area contributed by atoms with Gasteiger partial charge in [0.2, 0.25) is 0 Å². The number of hydrogen-bond acceptors (Lipinski definition) is 4. The zero-order chi connectivity index (χ0) is 13.5. The smallest absolute Gasteiger partial charge is 0.269 e. The first-order valence-corrected chi connectivity index (χ1v) is 6.20. The Labute approximate surface area is 107 Å². The molecule has 0 amide bonds. The van der Waals surface area contributed by atoms with Gasteiger partial charge >= 0.3 is 0 Å². The lowest BCUT2D eigenvalue weighted by Crippen LogP contribution is -2.28. The van der Waals surface area contributed by atoms with Crippen molar-refractivity contribution in [2.45, 2.75) is 38.8 Å². The predicted octanol–water partition coefficient (Wildman–Crippen LogP) is 2.41. The second kappa shape index (κ2) is 7.08. The molecule has 1 aromatic carbocycles. The van der Waals surface area contributed by atoms with Crippen molar-refractivity contribution >= 4 is 5.69 Å². The highest BCUT2D eigenvalue weighted by molar-refractivity contribution is 5.35. The third kappa shape index (κ3) is 4.43. The van der Waals surface area contributed by atoms with E-state index in [4.69, 9.17) is 0 Å². The summed E-state index contributed by atoms with van der Waals surface area (Å²) in [7, 11) is 0. The van der Waals surface area contributed by atoms with E-state index in [2.05, 4.69) is 5.32 Å². The molecular formula is C13H20N2O3. The quantitative estimate of drug-likeness (QED) is 0.577. The lowest BCUT2D eigenvalue weighted by molar-refractivity contribution is -0.384. The number of nitro groups is 1. The molecule has 0 aliphatic heterocycles. The SMILES string of the molecule is CCCC(O)CNC(C)c1cccc([N+](=O)[O-])c1. The van der Waals surface area contributed by atoms with E-state index in [1.807, 2.05) is 19.9 Å². The number of nitrogens with one attached hydrogen (secondary N) is 1. The molecule has 0 aliphatic rings. The first kappa shape index (κ1) is 14.6. The van der Waals surface area contributed by atoms with Gasteiger partial charge in [-0.05, 0) is 18.9 Å². The van der Waals surface area contributed by atoms with Gasteiger partial charge in [-0.25, -0.2) is 0 Å². The Bertz CT molecular complexity index is 396. The summed E-state index contributed by atoms with van der Waals surface area (Å²) < 4.78 is 0. The highest BCUT2D eigenvalue weighted by atomic mass is 16.6. The fourth-order valence-electron chi connectivity index (χ4n) is 1.77. The topological polar surface area (TPSA) is 75.4 Å². The van der Waals surface area contributed by atoms with Crippen LogP contribution in [-0.2, 0) is 0 Å². The molecule has 0 bridgehead atoms. The van der Waals surface area contributed by atoms with Crippen LogP contribution in [-0.4, -0.2) is 22.7 Å². The maximum absolute atomic E-state index is 10.7. The summed E-state index contributed by atoms with van der Waals surface area (Å²) in [5, 5.41) is 23.5. The van der Waals surface area contributed by atoms with E-state index in [0.717, 1.165) is 18.4 Å². The van der Waals surface area contributed by atoms with Gasteiger partial charge in [0.05, 0.1) is 11.0 Å². The van der Waals surface area contributed by atoms with E-state index in [1.165, 1.54) is 6.07 Å². The molecule has 0 aromatic heterocycles. The third-order valence-corrected chi connectivity index (χ3v) is 2.86. The van der Waals surface area contributed by atoms with Gasteiger partial charge in [-0.2, -0.15) is 0 Å². The largest absolute Gasteiger partial charge is 0.392 e. The fraction of sp³-hybridized carbons (Fsp3) is 0.538. The lowest BCUT2D eigenvalue weighted by atomic mass is 10.1. The van der Waals surface area contributed by atoms with Gasteiger partial charge in [0.15, 0.2) is 0 Å². The van der Waals surface area contributed by atoms with Crippen LogP contribution in [0.3, 0.4) is 0 Å². The zero-order valence-electron chi connectivity index (χ0n) is 10.8. The van der Waals surface area contributed by atoms with Crippen molar-refractivity contribution in [3.05, 3.63) is 39.9 Å². The Morgan fingerprint density at radius 3 is 2.83 bits per heavy atom. The van der Waals surface area contributed by atoms with Crippen molar-refractivity contribution in [1.82, 2.24) is 5.32 Å². The molecule has 0 radical (unpaired) electrons. The Morgan fingerprint density at radius 1 is 1.50 bits per heavy atom. The maximum atomic E-state index is 10.7. The molecule has 2 unspecified atom stereocenters. The highest BCUT2D eigenvalue weighted by Crippen LogP contribution is 2.18. The maximum Gasteiger partial charge on any atom is 0.269 e. The Hall–Kier alpha value is -1.46. The van der Waals surface area contributed by atoms with Crippen LogP contribution in [0.5, 0.6) is 0 Å². The standard InChI is InChI=1S/C13H20N2O3/c1-3-5-13(16)9-14-10(2)11-6-4-7-12(8-11)15(17)18/h4,6-8,10,13-14,16H,3,5,9H2,1-2H3. The van der Waals surface area contributed by atoms with Crippen LogP contribution < -0.4 is 5.32 Å². The van der Waals surface area contributed by atoms with E-state index >= 15 is 0 Å². The monoisotopic (exact) mass is 252 g/mol. The summed E-state index contributed by atoms with van der Waals surface area (Å²) in [5.41, 5.74) is 0.947. The molecule has 0 aliphatic carbocycles. The van der Waals surface area contributed by atoms with E-state index in [-0.39, 0.29) is 17.8 Å². The van der Waals surface area contributed by atoms with E-state index < -0.39 is 4.92 Å². The van der Waals surface area contributed by atoms with Gasteiger partial charge in [0.25, 0.3) is 5.69 Å². The average Bonchev–Trinajstić information content (AvgIpc) is 2.36. The third-order valence-electron chi connectivity index (χ3n) is 2.86. The normalized spacial score (nSPS) is 14.2. The van der Waals surface area contributed by atoms with Crippen LogP contribution in [0, 0.1) is 10.1 Å². The van der Waals surface area contributed by atoms with Crippen molar-refractivity contribution < 1.29 is 10.0 Å². The minimum Gasteiger partial charge on any atom is -0.392 e. The van der Waals surface area contributed by atoms with Crippen LogP contribution in [0.2, 0.25) is 0 Å². The van der Waals surface area contributed by atoms with Crippen LogP contribution in [0.4, 0.5) is 5.69 Å². The Balaban J connectivity index is 2.58. The molecular weight excluding hydrogens is 232 g/mol. The molecule has 2 N–H and O–H groups in total. The molecule has 18 heavy (non-hydrogen) atoms. The molecule has 0 saturated heterocycles. The van der Waals surface area contributed by atoms with Crippen molar-refractivity contribution in [3.63, 3.8) is 0 Å². The van der Waals surface area contributed by atoms with Gasteiger partial charge in [-0.3, -0.25) is 10.1 Å². The summed E-state index contributed by atoms with van der Waals surface area (Å²) >= 11 is 0. The molecule has 1 aromatic rings. The number of rotatable bonds is 7. The highest BCUT2D eigenvalue weighted by Gasteiger charge is 2.11. The van der Waals surface area contributed by atoms with Gasteiger partial charge in [-0.15, -0.1) is 0 Å². The fourth-order valence-corrected chi connectivity index (χ4v) is 1.77. The first-order chi connectivity index (χ1) is 8.54. The summed E-state index contributed by atoms with van der Waals surface area (Å²) in [6.45, 7) is 4.45. The lowest BCUT2D eigenvalue weighted by Gasteiger charge is -2.17. The van der Waals surface area contributed by atoms with E-state index in [9.17, 15) is 15.2 Å². The summed E-state index contributed by atoms with van der Waals surface area (Å²) in [5.74, 6) is 0. The average molecular weight is 252 g/mol. The van der Waals surface area contributed by atoms with Gasteiger partial charge in [0, 0.05) is 24.7 Å². The second-order valence-corrected chi connectivity index (χ2v) is 4.42. The summed E-state index contributed by atoms with van der Waals surface area (Å²) in [4.78, 5) is 10.3. The van der Waals surface area contributed by atoms with Crippen molar-refractivity contribution in [3.8, 4) is 0 Å². The zero-order valence-corrected chi connectivity index (χ0v) is 10.8. The van der Waals surface area contributed by atoms with Crippen molar-refractivity contribution in [2.75, 3.05) is 6.54 Å². The van der Waals surface area contributed by atoms with Gasteiger partial charge < -0.3 is 10.4 Å². The molecule has 0 heterocycles. The molecule has 0 spiro atoms. The molecule has 5 heteroatoms. The Morgan fingerprint density at radius 2 is 2.22 bits per heavy atom. The summed E-state index contributed by atoms with van der Waals surface area (Å²) in [6, 6.07) is 6.54. The second-order valence-electron chi connectivity index (χ2n) is 4.42. The molecule has 1 rings (SSSR count).